The molecule has 3 heterocycles. The second-order valence-corrected chi connectivity index (χ2v) is 12.5. The van der Waals surface area contributed by atoms with E-state index < -0.39 is 30.5 Å². The molecule has 238 valence electrons. The molecule has 3 fully saturated rings. The molecule has 2 aromatic carbocycles. The number of carboxylic acids is 1. The summed E-state index contributed by atoms with van der Waals surface area (Å²) in [5.74, 6) is -2.49. The number of ketones is 1. The van der Waals surface area contributed by atoms with Gasteiger partial charge in [-0.25, -0.2) is 4.98 Å². The van der Waals surface area contributed by atoms with Gasteiger partial charge in [0, 0.05) is 34.7 Å². The van der Waals surface area contributed by atoms with Gasteiger partial charge in [-0.15, -0.1) is 13.2 Å². The maximum Gasteiger partial charge on any atom is 0.573 e. The number of hydrogen-bond acceptors (Lipinski definition) is 9. The normalized spacial score (nSPS) is 21.8. The second kappa shape index (κ2) is 12.3. The first-order valence-electron chi connectivity index (χ1n) is 14.7. The SMILES string of the molecule is NC(=C(COC1CC2CCC(C1)N2c1nc2ccc(C(=O)NCC(=O)O)cc2s1)C(=O)C1CC1)c1ccccc1OC(F)(F)F. The molecular weight excluding hydrogens is 613 g/mol. The number of Topliss-reactive ketones (excluding diaryl/α,β-unsaturated/α-hetero) is 1. The van der Waals surface area contributed by atoms with E-state index in [1.807, 2.05) is 0 Å². The zero-order chi connectivity index (χ0) is 31.9. The van der Waals surface area contributed by atoms with Gasteiger partial charge in [-0.3, -0.25) is 14.4 Å². The minimum atomic E-state index is -4.91. The summed E-state index contributed by atoms with van der Waals surface area (Å²) >= 11 is 1.46. The molecule has 1 amide bonds. The lowest BCUT2D eigenvalue weighted by atomic mass is 9.98. The Morgan fingerprint density at radius 3 is 2.44 bits per heavy atom. The van der Waals surface area contributed by atoms with Crippen molar-refractivity contribution in [2.45, 2.75) is 63.1 Å². The van der Waals surface area contributed by atoms with E-state index in [1.54, 1.807) is 18.2 Å². The van der Waals surface area contributed by atoms with Crippen LogP contribution in [-0.2, 0) is 14.3 Å². The number of fused-ring (bicyclic) bond motifs is 3. The van der Waals surface area contributed by atoms with Crippen molar-refractivity contribution < 1.29 is 42.1 Å². The van der Waals surface area contributed by atoms with E-state index in [0.29, 0.717) is 31.2 Å². The first kappa shape index (κ1) is 30.8. The number of piperidine rings is 1. The van der Waals surface area contributed by atoms with Gasteiger partial charge < -0.3 is 30.5 Å². The number of ether oxygens (including phenoxy) is 2. The summed E-state index contributed by atoms with van der Waals surface area (Å²) in [4.78, 5) is 43.5. The monoisotopic (exact) mass is 644 g/mol. The molecule has 2 atom stereocenters. The van der Waals surface area contributed by atoms with Crippen LogP contribution >= 0.6 is 11.3 Å². The maximum absolute atomic E-state index is 13.2. The highest BCUT2D eigenvalue weighted by Gasteiger charge is 2.43. The summed E-state index contributed by atoms with van der Waals surface area (Å²) < 4.78 is 50.4. The number of nitrogens with two attached hydrogens (primary N) is 1. The number of thiazole rings is 1. The molecule has 1 aliphatic carbocycles. The Hall–Kier alpha value is -4.17. The third-order valence-corrected chi connectivity index (χ3v) is 9.42. The number of amides is 1. The number of benzene rings is 2. The summed E-state index contributed by atoms with van der Waals surface area (Å²) in [7, 11) is 0. The highest BCUT2D eigenvalue weighted by atomic mass is 32.1. The number of hydrogen-bond donors (Lipinski definition) is 3. The van der Waals surface area contributed by atoms with Crippen molar-refractivity contribution >= 4 is 50.0 Å². The van der Waals surface area contributed by atoms with Gasteiger partial charge in [-0.2, -0.15) is 0 Å². The molecule has 14 heteroatoms. The zero-order valence-electron chi connectivity index (χ0n) is 24.0. The van der Waals surface area contributed by atoms with Crippen LogP contribution in [0.25, 0.3) is 15.9 Å². The number of nitrogens with one attached hydrogen (secondary N) is 1. The van der Waals surface area contributed by atoms with Crippen LogP contribution in [0, 0.1) is 5.92 Å². The quantitative estimate of drug-likeness (QED) is 0.249. The number of aliphatic carboxylic acids is 1. The summed E-state index contributed by atoms with van der Waals surface area (Å²) in [6.45, 7) is -0.580. The number of alkyl halides is 3. The van der Waals surface area contributed by atoms with Gasteiger partial charge in [0.15, 0.2) is 10.9 Å². The Balaban J connectivity index is 1.16. The summed E-state index contributed by atoms with van der Waals surface area (Å²) in [5.41, 5.74) is 7.55. The highest BCUT2D eigenvalue weighted by Crippen LogP contribution is 2.43. The van der Waals surface area contributed by atoms with Crippen LogP contribution in [-0.4, -0.2) is 65.5 Å². The summed E-state index contributed by atoms with van der Waals surface area (Å²) in [5, 5.41) is 12.0. The van der Waals surface area contributed by atoms with E-state index in [9.17, 15) is 27.6 Å². The van der Waals surface area contributed by atoms with Gasteiger partial charge in [-0.05, 0) is 68.9 Å². The van der Waals surface area contributed by atoms with Gasteiger partial charge in [0.1, 0.15) is 12.3 Å². The van der Waals surface area contributed by atoms with E-state index in [4.69, 9.17) is 20.6 Å². The minimum absolute atomic E-state index is 0.00401. The van der Waals surface area contributed by atoms with Gasteiger partial charge in [0.05, 0.1) is 28.6 Å². The van der Waals surface area contributed by atoms with Crippen LogP contribution < -0.4 is 20.7 Å². The minimum Gasteiger partial charge on any atom is -0.480 e. The van der Waals surface area contributed by atoms with Crippen molar-refractivity contribution in [2.75, 3.05) is 18.1 Å². The van der Waals surface area contributed by atoms with Crippen molar-refractivity contribution in [3.8, 4) is 5.75 Å². The lowest BCUT2D eigenvalue weighted by Gasteiger charge is -2.38. The number of carbonyl (C=O) groups excluding carboxylic acids is 2. The number of halogens is 3. The number of para-hydroxylation sites is 1. The number of carboxylic acid groups (broad SMARTS) is 1. The smallest absolute Gasteiger partial charge is 0.480 e. The highest BCUT2D eigenvalue weighted by molar-refractivity contribution is 7.22. The molecule has 2 bridgehead atoms. The van der Waals surface area contributed by atoms with Crippen molar-refractivity contribution in [3.63, 3.8) is 0 Å². The van der Waals surface area contributed by atoms with Crippen molar-refractivity contribution in [3.05, 3.63) is 59.2 Å². The largest absolute Gasteiger partial charge is 0.573 e. The molecule has 3 aromatic rings. The van der Waals surface area contributed by atoms with Gasteiger partial charge in [-0.1, -0.05) is 23.5 Å². The molecule has 0 radical (unpaired) electrons. The molecule has 6 rings (SSSR count). The zero-order valence-corrected chi connectivity index (χ0v) is 24.8. The molecule has 4 N–H and O–H groups in total. The predicted molar refractivity (Wildman–Crippen MR) is 160 cm³/mol. The van der Waals surface area contributed by atoms with Crippen LogP contribution in [0.15, 0.2) is 48.0 Å². The molecule has 0 spiro atoms. The van der Waals surface area contributed by atoms with Gasteiger partial charge in [0.2, 0.25) is 0 Å². The van der Waals surface area contributed by atoms with E-state index >= 15 is 0 Å². The molecule has 45 heavy (non-hydrogen) atoms. The summed E-state index contributed by atoms with van der Waals surface area (Å²) in [6, 6.07) is 10.9. The molecule has 1 aromatic heterocycles. The molecular formula is C31H31F3N4O6S. The lowest BCUT2D eigenvalue weighted by molar-refractivity contribution is -0.274. The van der Waals surface area contributed by atoms with Crippen LogP contribution in [0.5, 0.6) is 5.75 Å². The first-order chi connectivity index (χ1) is 21.5. The predicted octanol–water partition coefficient (Wildman–Crippen LogP) is 4.87. The molecule has 3 aliphatic rings. The molecule has 1 saturated carbocycles. The number of rotatable bonds is 11. The molecule has 2 unspecified atom stereocenters. The van der Waals surface area contributed by atoms with Crippen LogP contribution in [0.2, 0.25) is 0 Å². The van der Waals surface area contributed by atoms with Gasteiger partial charge >= 0.3 is 12.3 Å². The first-order valence-corrected chi connectivity index (χ1v) is 15.5. The van der Waals surface area contributed by atoms with E-state index in [1.165, 1.54) is 35.6 Å². The molecule has 2 saturated heterocycles. The van der Waals surface area contributed by atoms with Gasteiger partial charge in [0.25, 0.3) is 5.91 Å². The van der Waals surface area contributed by atoms with Crippen molar-refractivity contribution in [2.24, 2.45) is 11.7 Å². The Labute approximate surface area is 260 Å². The number of nitrogens with zero attached hydrogens (tertiary/aromatic N) is 2. The fourth-order valence-corrected chi connectivity index (χ4v) is 7.29. The second-order valence-electron chi connectivity index (χ2n) is 11.5. The number of carbonyl (C=O) groups is 3. The Morgan fingerprint density at radius 1 is 1.07 bits per heavy atom. The van der Waals surface area contributed by atoms with Crippen LogP contribution in [0.1, 0.15) is 54.4 Å². The van der Waals surface area contributed by atoms with Crippen LogP contribution in [0.3, 0.4) is 0 Å². The topological polar surface area (TPSA) is 144 Å². The van der Waals surface area contributed by atoms with E-state index in [2.05, 4.69) is 15.0 Å². The number of anilines is 1. The third kappa shape index (κ3) is 6.91. The van der Waals surface area contributed by atoms with Crippen molar-refractivity contribution in [1.29, 1.82) is 0 Å². The fraction of sp³-hybridized carbons (Fsp3) is 0.419. The maximum atomic E-state index is 13.2. The lowest BCUT2D eigenvalue weighted by Crippen LogP contribution is -2.45. The van der Waals surface area contributed by atoms with Crippen molar-refractivity contribution in [1.82, 2.24) is 10.3 Å². The number of aromatic nitrogens is 1. The van der Waals surface area contributed by atoms with E-state index in [-0.39, 0.29) is 53.3 Å². The third-order valence-electron chi connectivity index (χ3n) is 8.39. The Morgan fingerprint density at radius 2 is 1.78 bits per heavy atom. The molecule has 2 aliphatic heterocycles. The van der Waals surface area contributed by atoms with E-state index in [0.717, 1.165) is 28.2 Å². The standard InChI is InChI=1S/C31H31F3N4O6S/c32-31(33,34)44-24-4-2-1-3-21(24)27(35)22(28(41)16-5-6-16)15-43-20-12-18-8-9-19(13-20)38(18)30-37-23-10-7-17(11-25(23)45-30)29(42)36-14-26(39)40/h1-4,7,10-11,16,18-20H,5-6,8-9,12-15,35H2,(H,36,42)(H,39,40). The Kier molecular flexibility index (Phi) is 8.44. The summed E-state index contributed by atoms with van der Waals surface area (Å²) in [6.07, 6.45) is -0.487. The van der Waals surface area contributed by atoms with Crippen LogP contribution in [0.4, 0.5) is 18.3 Å². The average molecular weight is 645 g/mol. The Bertz CT molecular complexity index is 1660. The molecule has 10 nitrogen and oxygen atoms in total. The fourth-order valence-electron chi connectivity index (χ4n) is 6.14. The average Bonchev–Trinajstić information content (AvgIpc) is 3.70.